The standard InChI is InChI=1S/C13H19BrO/c1-4-9(2)12-6-5-11(7-13(12)14)10(3)8-15/h5-7,9-10,15H,4,8H2,1-3H3. The van der Waals surface area contributed by atoms with Gasteiger partial charge in [-0.05, 0) is 29.5 Å². The molecule has 0 spiro atoms. The van der Waals surface area contributed by atoms with Crippen molar-refractivity contribution in [1.29, 1.82) is 0 Å². The van der Waals surface area contributed by atoms with Crippen LogP contribution in [0.1, 0.15) is 50.2 Å². The van der Waals surface area contributed by atoms with E-state index in [4.69, 9.17) is 5.11 Å². The lowest BCUT2D eigenvalue weighted by Gasteiger charge is -2.15. The first kappa shape index (κ1) is 12.7. The Bertz CT molecular complexity index is 322. The third-order valence-electron chi connectivity index (χ3n) is 3.01. The quantitative estimate of drug-likeness (QED) is 0.875. The zero-order valence-corrected chi connectivity index (χ0v) is 11.2. The molecule has 2 atom stereocenters. The molecule has 1 rings (SSSR count). The third-order valence-corrected chi connectivity index (χ3v) is 3.70. The van der Waals surface area contributed by atoms with Gasteiger partial charge in [-0.1, -0.05) is 48.8 Å². The average molecular weight is 271 g/mol. The molecule has 2 heteroatoms. The minimum absolute atomic E-state index is 0.203. The highest BCUT2D eigenvalue weighted by molar-refractivity contribution is 9.10. The molecule has 0 fully saturated rings. The Kier molecular flexibility index (Phi) is 4.81. The SMILES string of the molecule is CCC(C)c1ccc(C(C)CO)cc1Br. The minimum Gasteiger partial charge on any atom is -0.396 e. The third kappa shape index (κ3) is 3.05. The van der Waals surface area contributed by atoms with Crippen LogP contribution < -0.4 is 0 Å². The molecule has 0 radical (unpaired) electrons. The van der Waals surface area contributed by atoms with E-state index in [2.05, 4.69) is 48.0 Å². The largest absolute Gasteiger partial charge is 0.396 e. The Morgan fingerprint density at radius 1 is 1.27 bits per heavy atom. The lowest BCUT2D eigenvalue weighted by Crippen LogP contribution is -2.00. The molecule has 0 aliphatic carbocycles. The molecule has 0 heterocycles. The van der Waals surface area contributed by atoms with E-state index < -0.39 is 0 Å². The molecule has 2 unspecified atom stereocenters. The first-order valence-electron chi connectivity index (χ1n) is 5.50. The van der Waals surface area contributed by atoms with Crippen molar-refractivity contribution in [3.8, 4) is 0 Å². The summed E-state index contributed by atoms with van der Waals surface area (Å²) < 4.78 is 1.16. The molecule has 1 aromatic carbocycles. The summed E-state index contributed by atoms with van der Waals surface area (Å²) in [5, 5.41) is 9.09. The number of hydrogen-bond acceptors (Lipinski definition) is 1. The van der Waals surface area contributed by atoms with Gasteiger partial charge in [0.15, 0.2) is 0 Å². The predicted octanol–water partition coefficient (Wildman–Crippen LogP) is 4.06. The molecule has 0 aromatic heterocycles. The van der Waals surface area contributed by atoms with Crippen molar-refractivity contribution < 1.29 is 5.11 Å². The fourth-order valence-corrected chi connectivity index (χ4v) is 2.36. The molecule has 0 saturated carbocycles. The van der Waals surface area contributed by atoms with Gasteiger partial charge in [-0.15, -0.1) is 0 Å². The molecule has 1 aromatic rings. The Morgan fingerprint density at radius 3 is 2.40 bits per heavy atom. The van der Waals surface area contributed by atoms with E-state index in [1.807, 2.05) is 6.92 Å². The van der Waals surface area contributed by atoms with Crippen LogP contribution in [0.3, 0.4) is 0 Å². The molecule has 0 amide bonds. The Hall–Kier alpha value is -0.340. The van der Waals surface area contributed by atoms with Crippen LogP contribution in [0.15, 0.2) is 22.7 Å². The van der Waals surface area contributed by atoms with Crippen molar-refractivity contribution in [1.82, 2.24) is 0 Å². The van der Waals surface area contributed by atoms with Gasteiger partial charge >= 0.3 is 0 Å². The van der Waals surface area contributed by atoms with Gasteiger partial charge in [-0.25, -0.2) is 0 Å². The van der Waals surface area contributed by atoms with E-state index in [0.717, 1.165) is 10.9 Å². The maximum atomic E-state index is 9.09. The van der Waals surface area contributed by atoms with Crippen LogP contribution in [0.4, 0.5) is 0 Å². The summed E-state index contributed by atoms with van der Waals surface area (Å²) in [6.07, 6.45) is 1.15. The average Bonchev–Trinajstić information content (AvgIpc) is 2.26. The van der Waals surface area contributed by atoms with Crippen LogP contribution in [0.2, 0.25) is 0 Å². The molecule has 0 aliphatic heterocycles. The first-order valence-corrected chi connectivity index (χ1v) is 6.29. The Morgan fingerprint density at radius 2 is 1.93 bits per heavy atom. The number of halogens is 1. The van der Waals surface area contributed by atoms with Crippen molar-refractivity contribution in [2.24, 2.45) is 0 Å². The summed E-state index contributed by atoms with van der Waals surface area (Å²) in [5.41, 5.74) is 2.54. The smallest absolute Gasteiger partial charge is 0.0497 e. The Balaban J connectivity index is 2.97. The second kappa shape index (κ2) is 5.66. The number of rotatable bonds is 4. The highest BCUT2D eigenvalue weighted by Gasteiger charge is 2.10. The van der Waals surface area contributed by atoms with Gasteiger partial charge in [0.2, 0.25) is 0 Å². The van der Waals surface area contributed by atoms with Gasteiger partial charge in [-0.2, -0.15) is 0 Å². The van der Waals surface area contributed by atoms with Gasteiger partial charge in [0.1, 0.15) is 0 Å². The van der Waals surface area contributed by atoms with Gasteiger partial charge < -0.3 is 5.11 Å². The lowest BCUT2D eigenvalue weighted by atomic mass is 9.94. The molecular formula is C13H19BrO. The van der Waals surface area contributed by atoms with E-state index in [1.54, 1.807) is 0 Å². The number of aliphatic hydroxyl groups is 1. The maximum Gasteiger partial charge on any atom is 0.0497 e. The Labute approximate surface area is 101 Å². The normalized spacial score (nSPS) is 15.0. The van der Waals surface area contributed by atoms with Crippen molar-refractivity contribution in [2.75, 3.05) is 6.61 Å². The summed E-state index contributed by atoms with van der Waals surface area (Å²) >= 11 is 3.60. The summed E-state index contributed by atoms with van der Waals surface area (Å²) in [6.45, 7) is 6.66. The van der Waals surface area contributed by atoms with Crippen LogP contribution in [0.5, 0.6) is 0 Å². The predicted molar refractivity (Wildman–Crippen MR) is 68.3 cm³/mol. The van der Waals surface area contributed by atoms with Crippen LogP contribution in [0.25, 0.3) is 0 Å². The molecule has 84 valence electrons. The van der Waals surface area contributed by atoms with Crippen molar-refractivity contribution in [3.63, 3.8) is 0 Å². The van der Waals surface area contributed by atoms with Crippen LogP contribution >= 0.6 is 15.9 Å². The van der Waals surface area contributed by atoms with Gasteiger partial charge in [0, 0.05) is 17.0 Å². The summed E-state index contributed by atoms with van der Waals surface area (Å²) in [5.74, 6) is 0.796. The zero-order chi connectivity index (χ0) is 11.4. The number of hydrogen-bond donors (Lipinski definition) is 1. The number of benzene rings is 1. The van der Waals surface area contributed by atoms with Gasteiger partial charge in [0.25, 0.3) is 0 Å². The van der Waals surface area contributed by atoms with E-state index in [1.165, 1.54) is 11.1 Å². The minimum atomic E-state index is 0.203. The van der Waals surface area contributed by atoms with Gasteiger partial charge in [0.05, 0.1) is 0 Å². The molecule has 1 nitrogen and oxygen atoms in total. The summed E-state index contributed by atoms with van der Waals surface area (Å²) in [6, 6.07) is 6.41. The second-order valence-corrected chi connectivity index (χ2v) is 5.03. The van der Waals surface area contributed by atoms with E-state index in [9.17, 15) is 0 Å². The monoisotopic (exact) mass is 270 g/mol. The zero-order valence-electron chi connectivity index (χ0n) is 9.63. The molecule has 0 aliphatic rings. The maximum absolute atomic E-state index is 9.09. The second-order valence-electron chi connectivity index (χ2n) is 4.17. The van der Waals surface area contributed by atoms with Crippen molar-refractivity contribution in [2.45, 2.75) is 39.0 Å². The highest BCUT2D eigenvalue weighted by atomic mass is 79.9. The first-order chi connectivity index (χ1) is 7.10. The van der Waals surface area contributed by atoms with Crippen molar-refractivity contribution >= 4 is 15.9 Å². The topological polar surface area (TPSA) is 20.2 Å². The molecule has 0 bridgehead atoms. The fourth-order valence-electron chi connectivity index (χ4n) is 1.57. The van der Waals surface area contributed by atoms with Crippen LogP contribution in [-0.2, 0) is 0 Å². The van der Waals surface area contributed by atoms with Crippen molar-refractivity contribution in [3.05, 3.63) is 33.8 Å². The van der Waals surface area contributed by atoms with Crippen LogP contribution in [0, 0.1) is 0 Å². The van der Waals surface area contributed by atoms with E-state index in [0.29, 0.717) is 5.92 Å². The van der Waals surface area contributed by atoms with E-state index >= 15 is 0 Å². The van der Waals surface area contributed by atoms with E-state index in [-0.39, 0.29) is 12.5 Å². The van der Waals surface area contributed by atoms with Crippen LogP contribution in [-0.4, -0.2) is 11.7 Å². The summed E-state index contributed by atoms with van der Waals surface area (Å²) in [4.78, 5) is 0. The number of aliphatic hydroxyl groups excluding tert-OH is 1. The molecule has 1 N–H and O–H groups in total. The summed E-state index contributed by atoms with van der Waals surface area (Å²) in [7, 11) is 0. The molecular weight excluding hydrogens is 252 g/mol. The fraction of sp³-hybridized carbons (Fsp3) is 0.538. The molecule has 0 saturated heterocycles. The highest BCUT2D eigenvalue weighted by Crippen LogP contribution is 2.29. The molecule has 15 heavy (non-hydrogen) atoms. The van der Waals surface area contributed by atoms with Gasteiger partial charge in [-0.3, -0.25) is 0 Å². The lowest BCUT2D eigenvalue weighted by molar-refractivity contribution is 0.273.